The summed E-state index contributed by atoms with van der Waals surface area (Å²) in [5.74, 6) is 0. The lowest BCUT2D eigenvalue weighted by atomic mass is 10.1. The molecule has 0 atom stereocenters. The lowest BCUT2D eigenvalue weighted by Gasteiger charge is -2.25. The highest BCUT2D eigenvalue weighted by Gasteiger charge is 2.13. The van der Waals surface area contributed by atoms with Gasteiger partial charge in [0.05, 0.1) is 10.7 Å². The zero-order chi connectivity index (χ0) is 15.4. The topological polar surface area (TPSA) is 15.3 Å². The van der Waals surface area contributed by atoms with Crippen molar-refractivity contribution in [2.75, 3.05) is 18.5 Å². The van der Waals surface area contributed by atoms with Gasteiger partial charge in [0.1, 0.15) is 0 Å². The van der Waals surface area contributed by atoms with Gasteiger partial charge in [-0.25, -0.2) is 0 Å². The molecule has 0 aromatic heterocycles. The Hall–Kier alpha value is -1.51. The normalized spacial score (nSPS) is 10.7. The number of halogens is 1. The molecule has 3 heteroatoms. The lowest BCUT2D eigenvalue weighted by Crippen LogP contribution is -2.17. The van der Waals surface area contributed by atoms with Crippen molar-refractivity contribution in [3.05, 3.63) is 58.1 Å². The largest absolute Gasteiger partial charge is 0.343 e. The zero-order valence-corrected chi connectivity index (χ0v) is 14.0. The first-order valence-electron chi connectivity index (χ1n) is 7.33. The summed E-state index contributed by atoms with van der Waals surface area (Å²) in [5.41, 5.74) is 5.98. The van der Waals surface area contributed by atoms with Gasteiger partial charge >= 0.3 is 0 Å². The molecule has 0 aliphatic heterocycles. The second-order valence-corrected chi connectivity index (χ2v) is 5.84. The van der Waals surface area contributed by atoms with Gasteiger partial charge in [0.15, 0.2) is 0 Å². The number of nitrogens with zero attached hydrogens (tertiary/aromatic N) is 1. The Morgan fingerprint density at radius 2 is 1.76 bits per heavy atom. The third-order valence-corrected chi connectivity index (χ3v) is 3.87. The van der Waals surface area contributed by atoms with Crippen LogP contribution in [-0.2, 0) is 6.54 Å². The second kappa shape index (κ2) is 6.97. The summed E-state index contributed by atoms with van der Waals surface area (Å²) in [6.07, 6.45) is 0. The summed E-state index contributed by atoms with van der Waals surface area (Å²) in [7, 11) is 2.07. The van der Waals surface area contributed by atoms with Crippen molar-refractivity contribution >= 4 is 23.0 Å². The van der Waals surface area contributed by atoms with E-state index in [0.29, 0.717) is 0 Å². The summed E-state index contributed by atoms with van der Waals surface area (Å²) in [5, 5.41) is 4.16. The fourth-order valence-electron chi connectivity index (χ4n) is 2.61. The van der Waals surface area contributed by atoms with Gasteiger partial charge in [-0.15, -0.1) is 0 Å². The monoisotopic (exact) mass is 302 g/mol. The van der Waals surface area contributed by atoms with Crippen LogP contribution in [0.5, 0.6) is 0 Å². The second-order valence-electron chi connectivity index (χ2n) is 5.43. The maximum absolute atomic E-state index is 6.46. The minimum absolute atomic E-state index is 0.784. The molecule has 112 valence electrons. The van der Waals surface area contributed by atoms with Gasteiger partial charge < -0.3 is 10.2 Å². The number of hydrogen-bond donors (Lipinski definition) is 1. The van der Waals surface area contributed by atoms with E-state index in [1.807, 2.05) is 12.1 Å². The Bertz CT molecular complexity index is 602. The minimum atomic E-state index is 0.784. The van der Waals surface area contributed by atoms with Gasteiger partial charge in [-0.05, 0) is 55.3 Å². The minimum Gasteiger partial charge on any atom is -0.343 e. The summed E-state index contributed by atoms with van der Waals surface area (Å²) in [4.78, 5) is 2.18. The molecule has 2 rings (SSSR count). The van der Waals surface area contributed by atoms with Crippen molar-refractivity contribution in [2.45, 2.75) is 27.3 Å². The van der Waals surface area contributed by atoms with Crippen LogP contribution in [0.2, 0.25) is 5.02 Å². The van der Waals surface area contributed by atoms with Crippen LogP contribution in [0, 0.1) is 13.8 Å². The highest BCUT2D eigenvalue weighted by molar-refractivity contribution is 6.33. The van der Waals surface area contributed by atoms with E-state index in [2.05, 4.69) is 62.3 Å². The van der Waals surface area contributed by atoms with Gasteiger partial charge in [0.2, 0.25) is 0 Å². The maximum Gasteiger partial charge on any atom is 0.0646 e. The zero-order valence-electron chi connectivity index (χ0n) is 13.2. The number of hydrogen-bond acceptors (Lipinski definition) is 2. The number of nitrogens with one attached hydrogen (secondary N) is 1. The van der Waals surface area contributed by atoms with Crippen LogP contribution in [0.25, 0.3) is 0 Å². The van der Waals surface area contributed by atoms with Crippen LogP contribution in [-0.4, -0.2) is 13.6 Å². The molecule has 0 amide bonds. The highest BCUT2D eigenvalue weighted by Crippen LogP contribution is 2.34. The van der Waals surface area contributed by atoms with Crippen molar-refractivity contribution < 1.29 is 0 Å². The highest BCUT2D eigenvalue weighted by atomic mass is 35.5. The molecule has 0 fully saturated rings. The fraction of sp³-hybridized carbons (Fsp3) is 0.333. The summed E-state index contributed by atoms with van der Waals surface area (Å²) in [6, 6.07) is 12.6. The molecule has 0 unspecified atom stereocenters. The summed E-state index contributed by atoms with van der Waals surface area (Å²) < 4.78 is 0. The molecule has 1 N–H and O–H groups in total. The van der Waals surface area contributed by atoms with Gasteiger partial charge in [0.25, 0.3) is 0 Å². The van der Waals surface area contributed by atoms with E-state index < -0.39 is 0 Å². The number of para-hydroxylation sites is 1. The van der Waals surface area contributed by atoms with Crippen molar-refractivity contribution in [1.82, 2.24) is 5.32 Å². The van der Waals surface area contributed by atoms with Crippen molar-refractivity contribution in [3.63, 3.8) is 0 Å². The molecule has 2 aromatic carbocycles. The average molecular weight is 303 g/mol. The predicted molar refractivity (Wildman–Crippen MR) is 92.8 cm³/mol. The molecule has 0 bridgehead atoms. The van der Waals surface area contributed by atoms with Crippen LogP contribution in [0.3, 0.4) is 0 Å². The molecule has 21 heavy (non-hydrogen) atoms. The molecule has 2 nitrogen and oxygen atoms in total. The van der Waals surface area contributed by atoms with E-state index in [1.165, 1.54) is 22.4 Å². The van der Waals surface area contributed by atoms with Gasteiger partial charge in [-0.2, -0.15) is 0 Å². The van der Waals surface area contributed by atoms with Crippen LogP contribution < -0.4 is 10.2 Å². The maximum atomic E-state index is 6.46. The van der Waals surface area contributed by atoms with E-state index in [9.17, 15) is 0 Å². The first kappa shape index (κ1) is 15.9. The Balaban J connectivity index is 2.44. The molecule has 0 aliphatic carbocycles. The number of aryl methyl sites for hydroxylation is 2. The van der Waals surface area contributed by atoms with Gasteiger partial charge in [-0.1, -0.05) is 36.7 Å². The van der Waals surface area contributed by atoms with Crippen molar-refractivity contribution in [3.8, 4) is 0 Å². The molecular formula is C18H23ClN2. The molecular weight excluding hydrogens is 280 g/mol. The third-order valence-electron chi connectivity index (χ3n) is 3.56. The Morgan fingerprint density at radius 1 is 1.10 bits per heavy atom. The van der Waals surface area contributed by atoms with Crippen LogP contribution in [0.1, 0.15) is 23.6 Å². The standard InChI is InChI=1S/C18H23ClN2/c1-5-20-12-15-7-6-8-17(19)18(15)21(4)16-10-13(2)9-14(3)11-16/h6-11,20H,5,12H2,1-4H3. The van der Waals surface area contributed by atoms with E-state index >= 15 is 0 Å². The average Bonchev–Trinajstić information content (AvgIpc) is 2.43. The molecule has 0 saturated carbocycles. The number of anilines is 2. The Labute approximate surface area is 132 Å². The molecule has 0 radical (unpaired) electrons. The molecule has 0 heterocycles. The SMILES string of the molecule is CCNCc1cccc(Cl)c1N(C)c1cc(C)cc(C)c1. The van der Waals surface area contributed by atoms with Crippen LogP contribution >= 0.6 is 11.6 Å². The third kappa shape index (κ3) is 3.78. The van der Waals surface area contributed by atoms with Crippen molar-refractivity contribution in [2.24, 2.45) is 0 Å². The summed E-state index contributed by atoms with van der Waals surface area (Å²) >= 11 is 6.46. The van der Waals surface area contributed by atoms with Crippen molar-refractivity contribution in [1.29, 1.82) is 0 Å². The molecule has 0 saturated heterocycles. The Kier molecular flexibility index (Phi) is 5.27. The first-order chi connectivity index (χ1) is 10.0. The van der Waals surface area contributed by atoms with E-state index in [4.69, 9.17) is 11.6 Å². The van der Waals surface area contributed by atoms with Gasteiger partial charge in [-0.3, -0.25) is 0 Å². The number of benzene rings is 2. The fourth-order valence-corrected chi connectivity index (χ4v) is 2.93. The molecule has 0 spiro atoms. The first-order valence-corrected chi connectivity index (χ1v) is 7.71. The molecule has 0 aliphatic rings. The van der Waals surface area contributed by atoms with Crippen LogP contribution in [0.15, 0.2) is 36.4 Å². The van der Waals surface area contributed by atoms with E-state index in [0.717, 1.165) is 23.8 Å². The number of rotatable bonds is 5. The quantitative estimate of drug-likeness (QED) is 0.850. The lowest BCUT2D eigenvalue weighted by molar-refractivity contribution is 0.726. The van der Waals surface area contributed by atoms with Crippen LogP contribution in [0.4, 0.5) is 11.4 Å². The van der Waals surface area contributed by atoms with Gasteiger partial charge in [0, 0.05) is 19.3 Å². The summed E-state index contributed by atoms with van der Waals surface area (Å²) in [6.45, 7) is 8.12. The van der Waals surface area contributed by atoms with E-state index in [-0.39, 0.29) is 0 Å². The Morgan fingerprint density at radius 3 is 2.38 bits per heavy atom. The van der Waals surface area contributed by atoms with E-state index in [1.54, 1.807) is 0 Å². The smallest absolute Gasteiger partial charge is 0.0646 e. The molecule has 2 aromatic rings. The predicted octanol–water partition coefficient (Wildman–Crippen LogP) is 4.83.